The molecule has 0 aliphatic heterocycles. The molecule has 0 aliphatic carbocycles. The zero-order valence-electron chi connectivity index (χ0n) is 10.5. The summed E-state index contributed by atoms with van der Waals surface area (Å²) < 4.78 is 18.6. The summed E-state index contributed by atoms with van der Waals surface area (Å²) in [6.07, 6.45) is -0.0655. The van der Waals surface area contributed by atoms with Crippen molar-refractivity contribution in [3.8, 4) is 0 Å². The predicted octanol–water partition coefficient (Wildman–Crippen LogP) is 3.07. The topological polar surface area (TPSA) is 52.3 Å². The van der Waals surface area contributed by atoms with Gasteiger partial charge in [-0.25, -0.2) is 4.39 Å². The van der Waals surface area contributed by atoms with Crippen LogP contribution in [0.2, 0.25) is 5.02 Å². The third-order valence-electron chi connectivity index (χ3n) is 2.35. The van der Waals surface area contributed by atoms with E-state index in [1.807, 2.05) is 13.8 Å². The number of hydrogen-bond donors (Lipinski definition) is 1. The summed E-state index contributed by atoms with van der Waals surface area (Å²) in [7, 11) is 0. The molecule has 0 unspecified atom stereocenters. The van der Waals surface area contributed by atoms with Crippen LogP contribution in [0.3, 0.4) is 0 Å². The van der Waals surface area contributed by atoms with Gasteiger partial charge in [-0.15, -0.1) is 0 Å². The molecule has 2 N–H and O–H groups in total. The van der Waals surface area contributed by atoms with E-state index in [1.54, 1.807) is 6.07 Å². The van der Waals surface area contributed by atoms with Gasteiger partial charge in [0.05, 0.1) is 18.1 Å². The average molecular weight is 274 g/mol. The standard InChI is InChI=1S/C13H17ClFNO2/c1-8(2)7-18-12(17)6-11(16)9-4-3-5-10(14)13(9)15/h3-5,8,11H,6-7,16H2,1-2H3/t11-/m0/s1. The molecule has 5 heteroatoms. The van der Waals surface area contributed by atoms with E-state index in [2.05, 4.69) is 0 Å². The molecular weight excluding hydrogens is 257 g/mol. The molecule has 100 valence electrons. The van der Waals surface area contributed by atoms with Crippen molar-refractivity contribution in [2.24, 2.45) is 11.7 Å². The number of halogens is 2. The quantitative estimate of drug-likeness (QED) is 0.839. The van der Waals surface area contributed by atoms with E-state index in [1.165, 1.54) is 12.1 Å². The summed E-state index contributed by atoms with van der Waals surface area (Å²) in [5, 5.41) is -0.00139. The summed E-state index contributed by atoms with van der Waals surface area (Å²) >= 11 is 5.65. The van der Waals surface area contributed by atoms with Crippen molar-refractivity contribution in [2.75, 3.05) is 6.61 Å². The third kappa shape index (κ3) is 4.27. The highest BCUT2D eigenvalue weighted by Gasteiger charge is 2.18. The predicted molar refractivity (Wildman–Crippen MR) is 68.8 cm³/mol. The Bertz CT molecular complexity index is 423. The molecule has 1 aromatic carbocycles. The van der Waals surface area contributed by atoms with Gasteiger partial charge in [-0.3, -0.25) is 4.79 Å². The van der Waals surface area contributed by atoms with Crippen LogP contribution in [-0.2, 0) is 9.53 Å². The summed E-state index contributed by atoms with van der Waals surface area (Å²) in [5.41, 5.74) is 6.00. The number of nitrogens with two attached hydrogens (primary N) is 1. The number of hydrogen-bond acceptors (Lipinski definition) is 3. The van der Waals surface area contributed by atoms with Gasteiger partial charge in [-0.2, -0.15) is 0 Å². The molecule has 1 atom stereocenters. The van der Waals surface area contributed by atoms with Crippen LogP contribution in [0.15, 0.2) is 18.2 Å². The van der Waals surface area contributed by atoms with E-state index in [0.717, 1.165) is 0 Å². The van der Waals surface area contributed by atoms with Crippen molar-refractivity contribution in [3.05, 3.63) is 34.6 Å². The molecule has 3 nitrogen and oxygen atoms in total. The average Bonchev–Trinajstić information content (AvgIpc) is 2.30. The molecule has 0 amide bonds. The lowest BCUT2D eigenvalue weighted by atomic mass is 10.0. The first-order valence-electron chi connectivity index (χ1n) is 5.77. The lowest BCUT2D eigenvalue weighted by molar-refractivity contribution is -0.145. The van der Waals surface area contributed by atoms with Gasteiger partial charge >= 0.3 is 5.97 Å². The monoisotopic (exact) mass is 273 g/mol. The van der Waals surface area contributed by atoms with Crippen molar-refractivity contribution >= 4 is 17.6 Å². The lowest BCUT2D eigenvalue weighted by Crippen LogP contribution is -2.19. The van der Waals surface area contributed by atoms with E-state index in [0.29, 0.717) is 6.61 Å². The number of carbonyl (C=O) groups excluding carboxylic acids is 1. The zero-order valence-corrected chi connectivity index (χ0v) is 11.2. The molecule has 0 aromatic heterocycles. The Morgan fingerprint density at radius 3 is 2.78 bits per heavy atom. The van der Waals surface area contributed by atoms with Crippen LogP contribution in [0.5, 0.6) is 0 Å². The summed E-state index contributed by atoms with van der Waals surface area (Å²) in [4.78, 5) is 11.5. The van der Waals surface area contributed by atoms with Crippen molar-refractivity contribution in [1.29, 1.82) is 0 Å². The number of carbonyl (C=O) groups is 1. The molecule has 18 heavy (non-hydrogen) atoms. The van der Waals surface area contributed by atoms with E-state index < -0.39 is 17.8 Å². The molecule has 0 fully saturated rings. The summed E-state index contributed by atoms with van der Waals surface area (Å²) in [6.45, 7) is 4.21. The second-order valence-corrected chi connectivity index (χ2v) is 4.94. The van der Waals surface area contributed by atoms with Gasteiger partial charge in [-0.1, -0.05) is 37.6 Å². The number of esters is 1. The molecule has 0 heterocycles. The van der Waals surface area contributed by atoms with Gasteiger partial charge in [0.25, 0.3) is 0 Å². The maximum Gasteiger partial charge on any atom is 0.307 e. The Morgan fingerprint density at radius 2 is 2.17 bits per heavy atom. The molecule has 0 saturated carbocycles. The second-order valence-electron chi connectivity index (χ2n) is 4.53. The van der Waals surface area contributed by atoms with Crippen LogP contribution in [0.1, 0.15) is 31.9 Å². The third-order valence-corrected chi connectivity index (χ3v) is 2.64. The summed E-state index contributed by atoms with van der Waals surface area (Å²) in [6, 6.07) is 3.80. The Kier molecular flexibility index (Phi) is 5.56. The highest BCUT2D eigenvalue weighted by molar-refractivity contribution is 6.30. The first kappa shape index (κ1) is 14.9. The van der Waals surface area contributed by atoms with Crippen LogP contribution in [-0.4, -0.2) is 12.6 Å². The van der Waals surface area contributed by atoms with Crippen molar-refractivity contribution in [3.63, 3.8) is 0 Å². The van der Waals surface area contributed by atoms with Gasteiger partial charge in [0.15, 0.2) is 0 Å². The van der Waals surface area contributed by atoms with Crippen LogP contribution in [0.25, 0.3) is 0 Å². The fraction of sp³-hybridized carbons (Fsp3) is 0.462. The number of rotatable bonds is 5. The smallest absolute Gasteiger partial charge is 0.307 e. The Morgan fingerprint density at radius 1 is 1.50 bits per heavy atom. The molecule has 0 spiro atoms. The minimum absolute atomic E-state index is 0.00139. The molecule has 0 bridgehead atoms. The summed E-state index contributed by atoms with van der Waals surface area (Å²) in [5.74, 6) is -0.757. The van der Waals surface area contributed by atoms with Crippen LogP contribution in [0.4, 0.5) is 4.39 Å². The van der Waals surface area contributed by atoms with Crippen LogP contribution < -0.4 is 5.73 Å². The number of ether oxygens (including phenoxy) is 1. The maximum atomic E-state index is 13.7. The molecule has 0 saturated heterocycles. The first-order chi connectivity index (χ1) is 8.41. The highest BCUT2D eigenvalue weighted by atomic mass is 35.5. The molecule has 1 aromatic rings. The van der Waals surface area contributed by atoms with E-state index in [-0.39, 0.29) is 22.9 Å². The van der Waals surface area contributed by atoms with Crippen molar-refractivity contribution in [2.45, 2.75) is 26.3 Å². The fourth-order valence-electron chi connectivity index (χ4n) is 1.41. The zero-order chi connectivity index (χ0) is 13.7. The maximum absolute atomic E-state index is 13.7. The van der Waals surface area contributed by atoms with Gasteiger partial charge in [0.2, 0.25) is 0 Å². The van der Waals surface area contributed by atoms with Crippen LogP contribution in [0, 0.1) is 11.7 Å². The highest BCUT2D eigenvalue weighted by Crippen LogP contribution is 2.24. The Hall–Kier alpha value is -1.13. The SMILES string of the molecule is CC(C)COC(=O)C[C@H](N)c1cccc(Cl)c1F. The largest absolute Gasteiger partial charge is 0.465 e. The fourth-order valence-corrected chi connectivity index (χ4v) is 1.60. The van der Waals surface area contributed by atoms with E-state index in [4.69, 9.17) is 22.1 Å². The van der Waals surface area contributed by atoms with Gasteiger partial charge in [-0.05, 0) is 12.0 Å². The Labute approximate surface area is 111 Å². The van der Waals surface area contributed by atoms with Gasteiger partial charge < -0.3 is 10.5 Å². The first-order valence-corrected chi connectivity index (χ1v) is 6.14. The Balaban J connectivity index is 2.62. The number of benzene rings is 1. The molecule has 1 rings (SSSR count). The van der Waals surface area contributed by atoms with Gasteiger partial charge in [0, 0.05) is 11.6 Å². The van der Waals surface area contributed by atoms with E-state index >= 15 is 0 Å². The van der Waals surface area contributed by atoms with Crippen molar-refractivity contribution in [1.82, 2.24) is 0 Å². The van der Waals surface area contributed by atoms with Gasteiger partial charge in [0.1, 0.15) is 5.82 Å². The van der Waals surface area contributed by atoms with Crippen molar-refractivity contribution < 1.29 is 13.9 Å². The minimum Gasteiger partial charge on any atom is -0.465 e. The molecular formula is C13H17ClFNO2. The molecule has 0 aliphatic rings. The van der Waals surface area contributed by atoms with Crippen LogP contribution >= 0.6 is 11.6 Å². The van der Waals surface area contributed by atoms with E-state index in [9.17, 15) is 9.18 Å². The second kappa shape index (κ2) is 6.71. The molecule has 0 radical (unpaired) electrons. The lowest BCUT2D eigenvalue weighted by Gasteiger charge is -2.13. The minimum atomic E-state index is -0.747. The normalized spacial score (nSPS) is 12.6.